The van der Waals surface area contributed by atoms with E-state index < -0.39 is 11.7 Å². The first-order chi connectivity index (χ1) is 6.09. The zero-order chi connectivity index (χ0) is 9.47. The van der Waals surface area contributed by atoms with E-state index in [1.165, 1.54) is 18.5 Å². The lowest BCUT2D eigenvalue weighted by Gasteiger charge is -2.02. The quantitative estimate of drug-likeness (QED) is 0.673. The molecule has 0 radical (unpaired) electrons. The molecule has 0 unspecified atom stereocenters. The molecule has 2 heterocycles. The number of H-pyrrole nitrogens is 1. The van der Waals surface area contributed by atoms with Crippen molar-refractivity contribution >= 4 is 10.9 Å². The predicted molar refractivity (Wildman–Crippen MR) is 41.1 cm³/mol. The second kappa shape index (κ2) is 2.48. The molecule has 0 fully saturated rings. The molecule has 0 saturated heterocycles. The maximum absolute atomic E-state index is 12.3. The van der Waals surface area contributed by atoms with Crippen molar-refractivity contribution in [3.8, 4) is 0 Å². The Kier molecular flexibility index (Phi) is 1.55. The highest BCUT2D eigenvalue weighted by Gasteiger charge is 2.33. The molecule has 0 spiro atoms. The van der Waals surface area contributed by atoms with Gasteiger partial charge in [-0.3, -0.25) is 4.98 Å². The maximum atomic E-state index is 12.3. The summed E-state index contributed by atoms with van der Waals surface area (Å²) in [6.07, 6.45) is -0.651. The fraction of sp³-hybridized carbons (Fsp3) is 0.125. The molecule has 0 aliphatic heterocycles. The first-order valence-corrected chi connectivity index (χ1v) is 3.57. The standard InChI is InChI=1S/C8H5F3N2/c9-8(10,11)6-3-13-7-4-12-2-1-5(6)7/h1-4,13H. The highest BCUT2D eigenvalue weighted by Crippen LogP contribution is 2.34. The van der Waals surface area contributed by atoms with Crippen LogP contribution >= 0.6 is 0 Å². The minimum Gasteiger partial charge on any atom is -0.359 e. The van der Waals surface area contributed by atoms with Gasteiger partial charge in [-0.05, 0) is 6.07 Å². The summed E-state index contributed by atoms with van der Waals surface area (Å²) in [5, 5.41) is 0.155. The number of hydrogen-bond acceptors (Lipinski definition) is 1. The molecule has 0 bridgehead atoms. The van der Waals surface area contributed by atoms with Crippen LogP contribution in [0.25, 0.3) is 10.9 Å². The van der Waals surface area contributed by atoms with E-state index in [0.717, 1.165) is 6.20 Å². The maximum Gasteiger partial charge on any atom is 0.418 e. The topological polar surface area (TPSA) is 28.7 Å². The molecule has 2 aromatic rings. The Morgan fingerprint density at radius 2 is 2.08 bits per heavy atom. The molecule has 0 aliphatic carbocycles. The Labute approximate surface area is 71.4 Å². The van der Waals surface area contributed by atoms with Crippen molar-refractivity contribution in [2.75, 3.05) is 0 Å². The van der Waals surface area contributed by atoms with Gasteiger partial charge in [0.1, 0.15) is 0 Å². The van der Waals surface area contributed by atoms with Crippen LogP contribution in [-0.2, 0) is 6.18 Å². The van der Waals surface area contributed by atoms with Crippen molar-refractivity contribution in [3.05, 3.63) is 30.2 Å². The van der Waals surface area contributed by atoms with Gasteiger partial charge in [0.05, 0.1) is 17.3 Å². The van der Waals surface area contributed by atoms with Crippen LogP contribution in [0.3, 0.4) is 0 Å². The van der Waals surface area contributed by atoms with Gasteiger partial charge in [-0.15, -0.1) is 0 Å². The van der Waals surface area contributed by atoms with E-state index in [9.17, 15) is 13.2 Å². The zero-order valence-corrected chi connectivity index (χ0v) is 6.39. The third kappa shape index (κ3) is 1.26. The number of nitrogens with one attached hydrogen (secondary N) is 1. The number of fused-ring (bicyclic) bond motifs is 1. The largest absolute Gasteiger partial charge is 0.418 e. The molecule has 2 aromatic heterocycles. The van der Waals surface area contributed by atoms with Crippen molar-refractivity contribution in [1.29, 1.82) is 0 Å². The molecule has 13 heavy (non-hydrogen) atoms. The smallest absolute Gasteiger partial charge is 0.359 e. The van der Waals surface area contributed by atoms with Crippen molar-refractivity contribution in [3.63, 3.8) is 0 Å². The van der Waals surface area contributed by atoms with E-state index in [2.05, 4.69) is 9.97 Å². The fourth-order valence-corrected chi connectivity index (χ4v) is 1.21. The Balaban J connectivity index is 2.72. The highest BCUT2D eigenvalue weighted by molar-refractivity contribution is 5.82. The summed E-state index contributed by atoms with van der Waals surface area (Å²) in [5.41, 5.74) is -0.250. The van der Waals surface area contributed by atoms with E-state index in [1.807, 2.05) is 0 Å². The fourth-order valence-electron chi connectivity index (χ4n) is 1.21. The number of halogens is 3. The molecule has 0 aromatic carbocycles. The van der Waals surface area contributed by atoms with Gasteiger partial charge >= 0.3 is 6.18 Å². The van der Waals surface area contributed by atoms with Crippen molar-refractivity contribution in [1.82, 2.24) is 9.97 Å². The Morgan fingerprint density at radius 1 is 1.31 bits per heavy atom. The lowest BCUT2D eigenvalue weighted by Crippen LogP contribution is -2.03. The SMILES string of the molecule is FC(F)(F)c1c[nH]c2cnccc12. The van der Waals surface area contributed by atoms with Crippen LogP contribution in [0.2, 0.25) is 0 Å². The molecule has 2 rings (SSSR count). The molecule has 68 valence electrons. The second-order valence-electron chi connectivity index (χ2n) is 2.62. The average molecular weight is 186 g/mol. The number of pyridine rings is 1. The Morgan fingerprint density at radius 3 is 2.77 bits per heavy atom. The van der Waals surface area contributed by atoms with Crippen LogP contribution in [0.5, 0.6) is 0 Å². The first kappa shape index (κ1) is 8.10. The van der Waals surface area contributed by atoms with Gasteiger partial charge in [0, 0.05) is 17.8 Å². The van der Waals surface area contributed by atoms with Gasteiger partial charge in [0.25, 0.3) is 0 Å². The van der Waals surface area contributed by atoms with Crippen LogP contribution in [-0.4, -0.2) is 9.97 Å². The second-order valence-corrected chi connectivity index (χ2v) is 2.62. The Bertz CT molecular complexity index is 430. The van der Waals surface area contributed by atoms with Gasteiger partial charge in [-0.2, -0.15) is 13.2 Å². The van der Waals surface area contributed by atoms with Gasteiger partial charge in [-0.1, -0.05) is 0 Å². The number of rotatable bonds is 0. The molecule has 5 heteroatoms. The number of aromatic nitrogens is 2. The Hall–Kier alpha value is -1.52. The summed E-state index contributed by atoms with van der Waals surface area (Å²) in [6.45, 7) is 0. The number of alkyl halides is 3. The highest BCUT2D eigenvalue weighted by atomic mass is 19.4. The molecular formula is C8H5F3N2. The first-order valence-electron chi connectivity index (χ1n) is 3.57. The van der Waals surface area contributed by atoms with Crippen LogP contribution in [0.4, 0.5) is 13.2 Å². The van der Waals surface area contributed by atoms with Crippen LogP contribution in [0, 0.1) is 0 Å². The van der Waals surface area contributed by atoms with E-state index in [1.54, 1.807) is 0 Å². The van der Waals surface area contributed by atoms with E-state index in [4.69, 9.17) is 0 Å². The lowest BCUT2D eigenvalue weighted by molar-refractivity contribution is -0.136. The van der Waals surface area contributed by atoms with E-state index >= 15 is 0 Å². The number of hydrogen-bond donors (Lipinski definition) is 1. The molecule has 0 amide bonds. The molecule has 0 aliphatic rings. The third-order valence-corrected chi connectivity index (χ3v) is 1.79. The van der Waals surface area contributed by atoms with Gasteiger partial charge in [0.2, 0.25) is 0 Å². The zero-order valence-electron chi connectivity index (χ0n) is 6.39. The number of nitrogens with zero attached hydrogens (tertiary/aromatic N) is 1. The molecule has 0 saturated carbocycles. The minimum absolute atomic E-state index is 0.155. The predicted octanol–water partition coefficient (Wildman–Crippen LogP) is 2.58. The molecular weight excluding hydrogens is 181 g/mol. The summed E-state index contributed by atoms with van der Waals surface area (Å²) in [7, 11) is 0. The van der Waals surface area contributed by atoms with Gasteiger partial charge < -0.3 is 4.98 Å². The summed E-state index contributed by atoms with van der Waals surface area (Å²) in [5.74, 6) is 0. The van der Waals surface area contributed by atoms with Crippen molar-refractivity contribution in [2.45, 2.75) is 6.18 Å². The molecule has 0 atom stereocenters. The normalized spacial score (nSPS) is 12.2. The van der Waals surface area contributed by atoms with Gasteiger partial charge in [0.15, 0.2) is 0 Å². The van der Waals surface area contributed by atoms with Crippen molar-refractivity contribution < 1.29 is 13.2 Å². The van der Waals surface area contributed by atoms with E-state index in [0.29, 0.717) is 5.52 Å². The molecule has 1 N–H and O–H groups in total. The van der Waals surface area contributed by atoms with Crippen LogP contribution < -0.4 is 0 Å². The van der Waals surface area contributed by atoms with Crippen LogP contribution in [0.1, 0.15) is 5.56 Å². The monoisotopic (exact) mass is 186 g/mol. The summed E-state index contributed by atoms with van der Waals surface area (Å²) in [6, 6.07) is 1.34. The lowest BCUT2D eigenvalue weighted by atomic mass is 10.2. The van der Waals surface area contributed by atoms with E-state index in [-0.39, 0.29) is 5.39 Å². The van der Waals surface area contributed by atoms with Crippen LogP contribution in [0.15, 0.2) is 24.7 Å². The number of aromatic amines is 1. The van der Waals surface area contributed by atoms with Crippen molar-refractivity contribution in [2.24, 2.45) is 0 Å². The molecule has 2 nitrogen and oxygen atoms in total. The summed E-state index contributed by atoms with van der Waals surface area (Å²) in [4.78, 5) is 6.22. The summed E-state index contributed by atoms with van der Waals surface area (Å²) >= 11 is 0. The average Bonchev–Trinajstić information content (AvgIpc) is 2.45. The third-order valence-electron chi connectivity index (χ3n) is 1.79. The minimum atomic E-state index is -4.31. The van der Waals surface area contributed by atoms with Gasteiger partial charge in [-0.25, -0.2) is 0 Å². The summed E-state index contributed by atoms with van der Waals surface area (Å²) < 4.78 is 36.9.